The molecule has 19 heavy (non-hydrogen) atoms. The van der Waals surface area contributed by atoms with Gasteiger partial charge in [0.2, 0.25) is 0 Å². The van der Waals surface area contributed by atoms with E-state index in [0.29, 0.717) is 18.4 Å². The second-order valence-electron chi connectivity index (χ2n) is 6.40. The van der Waals surface area contributed by atoms with Gasteiger partial charge in [-0.1, -0.05) is 19.9 Å². The Morgan fingerprint density at radius 3 is 2.47 bits per heavy atom. The highest BCUT2D eigenvalue weighted by Gasteiger charge is 2.74. The number of ether oxygens (including phenoxy) is 1. The van der Waals surface area contributed by atoms with E-state index in [1.807, 2.05) is 26.8 Å². The highest BCUT2D eigenvalue weighted by atomic mass is 16.6. The van der Waals surface area contributed by atoms with Gasteiger partial charge in [0, 0.05) is 24.3 Å². The number of carbonyl (C=O) groups is 2. The lowest BCUT2D eigenvalue weighted by atomic mass is 9.63. The van der Waals surface area contributed by atoms with Crippen molar-refractivity contribution in [3.05, 3.63) is 23.8 Å². The van der Waals surface area contributed by atoms with Crippen molar-refractivity contribution < 1.29 is 19.4 Å². The summed E-state index contributed by atoms with van der Waals surface area (Å²) < 4.78 is 5.91. The maximum atomic E-state index is 11.8. The number of fused-ring (bicyclic) bond motifs is 1. The number of epoxide rings is 1. The van der Waals surface area contributed by atoms with Gasteiger partial charge in [0.25, 0.3) is 0 Å². The third kappa shape index (κ3) is 2.14. The molecule has 0 aromatic rings. The molecule has 0 aromatic heterocycles. The number of ketones is 1. The van der Waals surface area contributed by atoms with Crippen molar-refractivity contribution in [1.29, 1.82) is 0 Å². The second-order valence-corrected chi connectivity index (χ2v) is 6.40. The molecule has 1 N–H and O–H groups in total. The minimum Gasteiger partial charge on any atom is -0.478 e. The number of carboxylic acids is 1. The first-order chi connectivity index (χ1) is 8.62. The van der Waals surface area contributed by atoms with Crippen molar-refractivity contribution in [3.63, 3.8) is 0 Å². The molecule has 1 aliphatic carbocycles. The molecule has 0 bridgehead atoms. The van der Waals surface area contributed by atoms with Gasteiger partial charge in [-0.25, -0.2) is 4.79 Å². The van der Waals surface area contributed by atoms with Crippen LogP contribution in [0.25, 0.3) is 0 Å². The number of allylic oxidation sites excluding steroid dienone is 2. The Kier molecular flexibility index (Phi) is 2.97. The van der Waals surface area contributed by atoms with E-state index in [2.05, 4.69) is 0 Å². The van der Waals surface area contributed by atoms with Gasteiger partial charge < -0.3 is 9.84 Å². The van der Waals surface area contributed by atoms with Crippen LogP contribution in [-0.4, -0.2) is 28.1 Å². The summed E-state index contributed by atoms with van der Waals surface area (Å²) in [4.78, 5) is 22.4. The van der Waals surface area contributed by atoms with Crippen LogP contribution in [0.5, 0.6) is 0 Å². The van der Waals surface area contributed by atoms with E-state index in [0.717, 1.165) is 6.08 Å². The molecule has 0 aromatic carbocycles. The van der Waals surface area contributed by atoms with Crippen molar-refractivity contribution in [3.8, 4) is 0 Å². The zero-order valence-corrected chi connectivity index (χ0v) is 11.8. The van der Waals surface area contributed by atoms with Crippen LogP contribution in [0.15, 0.2) is 23.8 Å². The molecule has 4 heteroatoms. The van der Waals surface area contributed by atoms with E-state index in [9.17, 15) is 9.59 Å². The standard InChI is InChI=1S/C15H20O4/c1-10(7-12(17)18)5-6-15-13(2,3)8-11(16)9-14(15,4)19-15/h5-7H,8-9H2,1-4H3,(H,17,18)/b6-5+,10-7+. The molecule has 0 radical (unpaired) electrons. The molecule has 2 rings (SSSR count). The van der Waals surface area contributed by atoms with Gasteiger partial charge in [0.05, 0.1) is 0 Å². The van der Waals surface area contributed by atoms with Crippen LogP contribution in [0.3, 0.4) is 0 Å². The fourth-order valence-electron chi connectivity index (χ4n) is 3.34. The Morgan fingerprint density at radius 1 is 1.32 bits per heavy atom. The van der Waals surface area contributed by atoms with Crippen LogP contribution in [0, 0.1) is 5.41 Å². The SMILES string of the molecule is CC(/C=C/C12OC1(C)CC(=O)CC2(C)C)=C\C(=O)O. The van der Waals surface area contributed by atoms with Gasteiger partial charge in [-0.05, 0) is 25.5 Å². The van der Waals surface area contributed by atoms with Gasteiger partial charge in [0.15, 0.2) is 0 Å². The molecule has 1 heterocycles. The smallest absolute Gasteiger partial charge is 0.328 e. The van der Waals surface area contributed by atoms with Crippen LogP contribution < -0.4 is 0 Å². The van der Waals surface area contributed by atoms with Gasteiger partial charge in [-0.3, -0.25) is 4.79 Å². The molecule has 4 nitrogen and oxygen atoms in total. The largest absolute Gasteiger partial charge is 0.478 e. The summed E-state index contributed by atoms with van der Waals surface area (Å²) in [5.41, 5.74) is -0.503. The molecular weight excluding hydrogens is 244 g/mol. The predicted molar refractivity (Wildman–Crippen MR) is 70.8 cm³/mol. The third-order valence-electron chi connectivity index (χ3n) is 4.24. The summed E-state index contributed by atoms with van der Waals surface area (Å²) in [5.74, 6) is -0.732. The lowest BCUT2D eigenvalue weighted by molar-refractivity contribution is -0.131. The number of rotatable bonds is 3. The number of hydrogen-bond donors (Lipinski definition) is 1. The summed E-state index contributed by atoms with van der Waals surface area (Å²) in [6, 6.07) is 0. The van der Waals surface area contributed by atoms with E-state index < -0.39 is 17.2 Å². The van der Waals surface area contributed by atoms with Gasteiger partial charge >= 0.3 is 5.97 Å². The third-order valence-corrected chi connectivity index (χ3v) is 4.24. The normalized spacial score (nSPS) is 37.3. The molecule has 1 saturated carbocycles. The first-order valence-corrected chi connectivity index (χ1v) is 6.44. The molecule has 0 spiro atoms. The van der Waals surface area contributed by atoms with Crippen LogP contribution in [-0.2, 0) is 14.3 Å². The molecule has 2 atom stereocenters. The van der Waals surface area contributed by atoms with E-state index in [1.165, 1.54) is 0 Å². The number of aliphatic carboxylic acids is 1. The summed E-state index contributed by atoms with van der Waals surface area (Å²) in [6.45, 7) is 7.74. The highest BCUT2D eigenvalue weighted by molar-refractivity contribution is 5.83. The molecule has 2 fully saturated rings. The number of Topliss-reactive ketones (excluding diaryl/α,β-unsaturated/α-hetero) is 1. The Bertz CT molecular complexity index is 500. The first-order valence-electron chi connectivity index (χ1n) is 6.44. The maximum absolute atomic E-state index is 11.8. The zero-order valence-electron chi connectivity index (χ0n) is 11.8. The van der Waals surface area contributed by atoms with Gasteiger partial charge in [-0.2, -0.15) is 0 Å². The average molecular weight is 264 g/mol. The summed E-state index contributed by atoms with van der Waals surface area (Å²) in [5, 5.41) is 8.70. The maximum Gasteiger partial charge on any atom is 0.328 e. The molecule has 104 valence electrons. The summed E-state index contributed by atoms with van der Waals surface area (Å²) in [6.07, 6.45) is 5.79. The second kappa shape index (κ2) is 4.04. The van der Waals surface area contributed by atoms with Crippen LogP contribution in [0.2, 0.25) is 0 Å². The Morgan fingerprint density at radius 2 is 1.95 bits per heavy atom. The molecule has 1 aliphatic heterocycles. The fourth-order valence-corrected chi connectivity index (χ4v) is 3.34. The van der Waals surface area contributed by atoms with Crippen molar-refractivity contribution in [2.45, 2.75) is 51.7 Å². The fraction of sp³-hybridized carbons (Fsp3) is 0.600. The summed E-state index contributed by atoms with van der Waals surface area (Å²) in [7, 11) is 0. The Labute approximate surface area is 113 Å². The summed E-state index contributed by atoms with van der Waals surface area (Å²) >= 11 is 0. The van der Waals surface area contributed by atoms with Crippen LogP contribution in [0.4, 0.5) is 0 Å². The van der Waals surface area contributed by atoms with Crippen LogP contribution in [0.1, 0.15) is 40.5 Å². The quantitative estimate of drug-likeness (QED) is 0.483. The number of carboxylic acid groups (broad SMARTS) is 1. The van der Waals surface area contributed by atoms with Crippen molar-refractivity contribution >= 4 is 11.8 Å². The lowest BCUT2D eigenvalue weighted by Crippen LogP contribution is -2.44. The first kappa shape index (κ1) is 14.0. The highest BCUT2D eigenvalue weighted by Crippen LogP contribution is 2.65. The average Bonchev–Trinajstić information content (AvgIpc) is 2.80. The van der Waals surface area contributed by atoms with E-state index in [1.54, 1.807) is 13.0 Å². The molecule has 0 amide bonds. The predicted octanol–water partition coefficient (Wildman–Crippen LogP) is 2.49. The van der Waals surface area contributed by atoms with E-state index >= 15 is 0 Å². The number of carbonyl (C=O) groups excluding carboxylic acids is 1. The lowest BCUT2D eigenvalue weighted by Gasteiger charge is -2.35. The Balaban J connectivity index is 2.27. The van der Waals surface area contributed by atoms with E-state index in [-0.39, 0.29) is 11.2 Å². The number of hydrogen-bond acceptors (Lipinski definition) is 3. The van der Waals surface area contributed by atoms with Gasteiger partial charge in [0.1, 0.15) is 17.0 Å². The minimum atomic E-state index is -0.961. The van der Waals surface area contributed by atoms with Crippen molar-refractivity contribution in [2.24, 2.45) is 5.41 Å². The molecule has 2 unspecified atom stereocenters. The van der Waals surface area contributed by atoms with Crippen LogP contribution >= 0.6 is 0 Å². The molecule has 2 aliphatic rings. The zero-order chi connectivity index (χ0) is 14.5. The molecule has 1 saturated heterocycles. The minimum absolute atomic E-state index is 0.229. The van der Waals surface area contributed by atoms with Gasteiger partial charge in [-0.15, -0.1) is 0 Å². The van der Waals surface area contributed by atoms with Crippen molar-refractivity contribution in [2.75, 3.05) is 0 Å². The monoisotopic (exact) mass is 264 g/mol. The topological polar surface area (TPSA) is 66.9 Å². The Hall–Kier alpha value is -1.42. The molecular formula is C15H20O4. The van der Waals surface area contributed by atoms with Crippen molar-refractivity contribution in [1.82, 2.24) is 0 Å². The van der Waals surface area contributed by atoms with E-state index in [4.69, 9.17) is 9.84 Å².